The summed E-state index contributed by atoms with van der Waals surface area (Å²) in [5, 5.41) is 8.72. The molecule has 0 amide bonds. The minimum Gasteiger partial charge on any atom is -0.481 e. The third-order valence-electron chi connectivity index (χ3n) is 1.95. The van der Waals surface area contributed by atoms with Crippen molar-refractivity contribution in [1.82, 2.24) is 4.98 Å². The maximum atomic E-state index is 12.6. The number of hydrogen-bond acceptors (Lipinski definition) is 2. The Balaban J connectivity index is 3.34. The first kappa shape index (κ1) is 13.1. The summed E-state index contributed by atoms with van der Waals surface area (Å²) in [6.07, 6.45) is -2.38. The zero-order valence-corrected chi connectivity index (χ0v) is 9.40. The molecule has 0 bridgehead atoms. The topological polar surface area (TPSA) is 50.2 Å². The predicted octanol–water partition coefficient (Wildman–Crippen LogP) is 3.04. The van der Waals surface area contributed by atoms with E-state index in [0.29, 0.717) is 0 Å². The Hall–Kier alpha value is -0.940. The van der Waals surface area contributed by atoms with Crippen molar-refractivity contribution in [3.05, 3.63) is 28.0 Å². The average molecular weight is 270 g/mol. The molecule has 0 saturated heterocycles. The van der Waals surface area contributed by atoms with Crippen molar-refractivity contribution in [2.45, 2.75) is 18.7 Å². The lowest BCUT2D eigenvalue weighted by atomic mass is 10.0. The highest BCUT2D eigenvalue weighted by Gasteiger charge is 2.21. The molecule has 0 aliphatic rings. The smallest absolute Gasteiger partial charge is 0.307 e. The quantitative estimate of drug-likeness (QED) is 0.855. The van der Waals surface area contributed by atoms with Crippen LogP contribution in [0.25, 0.3) is 0 Å². The van der Waals surface area contributed by atoms with Crippen molar-refractivity contribution in [1.29, 1.82) is 0 Å². The zero-order chi connectivity index (χ0) is 12.3. The van der Waals surface area contributed by atoms with Crippen molar-refractivity contribution < 1.29 is 18.7 Å². The fourth-order valence-electron chi connectivity index (χ4n) is 1.26. The van der Waals surface area contributed by atoms with Crippen molar-refractivity contribution >= 4 is 29.2 Å². The normalized spacial score (nSPS) is 10.8. The minimum absolute atomic E-state index is 0.0932. The van der Waals surface area contributed by atoms with Crippen LogP contribution in [0.5, 0.6) is 0 Å². The molecule has 0 unspecified atom stereocenters. The van der Waals surface area contributed by atoms with E-state index in [1.165, 1.54) is 0 Å². The van der Waals surface area contributed by atoms with Gasteiger partial charge in [0.05, 0.1) is 11.4 Å². The Bertz CT molecular complexity index is 413. The fraction of sp³-hybridized carbons (Fsp3) is 0.333. The molecule has 1 aromatic heterocycles. The second-order valence-corrected chi connectivity index (χ2v) is 3.63. The summed E-state index contributed by atoms with van der Waals surface area (Å²) in [6.45, 7) is 0. The van der Waals surface area contributed by atoms with E-state index in [4.69, 9.17) is 28.3 Å². The summed E-state index contributed by atoms with van der Waals surface area (Å²) in [6, 6.07) is 0. The summed E-state index contributed by atoms with van der Waals surface area (Å²) in [7, 11) is 0. The number of nitrogens with zero attached hydrogens (tertiary/aromatic N) is 1. The number of aromatic nitrogens is 1. The molecule has 1 N–H and O–H groups in total. The van der Waals surface area contributed by atoms with Gasteiger partial charge in [-0.05, 0) is 11.1 Å². The van der Waals surface area contributed by atoms with Gasteiger partial charge in [-0.25, -0.2) is 8.78 Å². The molecule has 0 fully saturated rings. The van der Waals surface area contributed by atoms with Crippen LogP contribution in [0.1, 0.15) is 23.2 Å². The minimum atomic E-state index is -2.85. The number of alkyl halides is 3. The van der Waals surface area contributed by atoms with E-state index in [9.17, 15) is 13.6 Å². The highest BCUT2D eigenvalue weighted by molar-refractivity contribution is 6.32. The maximum Gasteiger partial charge on any atom is 0.307 e. The van der Waals surface area contributed by atoms with Crippen LogP contribution in [0, 0.1) is 0 Å². The lowest BCUT2D eigenvalue weighted by Crippen LogP contribution is -2.09. The van der Waals surface area contributed by atoms with Gasteiger partial charge in [-0.2, -0.15) is 0 Å². The van der Waals surface area contributed by atoms with Gasteiger partial charge in [0.2, 0.25) is 0 Å². The molecule has 88 valence electrons. The summed E-state index contributed by atoms with van der Waals surface area (Å²) in [5.74, 6) is -1.37. The van der Waals surface area contributed by atoms with Crippen LogP contribution in [0.3, 0.4) is 0 Å². The van der Waals surface area contributed by atoms with Gasteiger partial charge in [-0.1, -0.05) is 11.6 Å². The highest BCUT2D eigenvalue weighted by atomic mass is 35.5. The van der Waals surface area contributed by atoms with Crippen LogP contribution >= 0.6 is 23.2 Å². The number of carboxylic acid groups (broad SMARTS) is 1. The molecule has 1 heterocycles. The third-order valence-corrected chi connectivity index (χ3v) is 2.54. The zero-order valence-electron chi connectivity index (χ0n) is 7.88. The van der Waals surface area contributed by atoms with E-state index in [1.807, 2.05) is 0 Å². The van der Waals surface area contributed by atoms with Crippen molar-refractivity contribution in [2.24, 2.45) is 0 Å². The lowest BCUT2D eigenvalue weighted by molar-refractivity contribution is -0.136. The first-order chi connectivity index (χ1) is 7.47. The second kappa shape index (κ2) is 5.41. The molecule has 1 rings (SSSR count). The standard InChI is InChI=1S/C9H7Cl2F2NO2/c10-2-5-4(1-7(15)16)8(9(12)13)14-3-6(5)11/h3,9H,1-2H2,(H,15,16). The molecule has 0 spiro atoms. The van der Waals surface area contributed by atoms with E-state index < -0.39 is 24.5 Å². The molecule has 0 aliphatic carbocycles. The monoisotopic (exact) mass is 269 g/mol. The Morgan fingerprint density at radius 3 is 2.56 bits per heavy atom. The number of carbonyl (C=O) groups is 1. The number of pyridine rings is 1. The second-order valence-electron chi connectivity index (χ2n) is 2.95. The van der Waals surface area contributed by atoms with Gasteiger partial charge in [-0.15, -0.1) is 11.6 Å². The Labute approximate surface area is 100 Å². The number of rotatable bonds is 4. The van der Waals surface area contributed by atoms with Gasteiger partial charge in [0.25, 0.3) is 6.43 Å². The molecule has 7 heteroatoms. The van der Waals surface area contributed by atoms with Gasteiger partial charge in [0, 0.05) is 12.1 Å². The number of aliphatic carboxylic acids is 1. The van der Waals surface area contributed by atoms with Crippen molar-refractivity contribution in [3.63, 3.8) is 0 Å². The van der Waals surface area contributed by atoms with E-state index in [2.05, 4.69) is 4.98 Å². The van der Waals surface area contributed by atoms with Crippen molar-refractivity contribution in [3.8, 4) is 0 Å². The lowest BCUT2D eigenvalue weighted by Gasteiger charge is -2.11. The van der Waals surface area contributed by atoms with Gasteiger partial charge in [0.15, 0.2) is 0 Å². The third kappa shape index (κ3) is 2.80. The summed E-state index contributed by atoms with van der Waals surface area (Å²) in [4.78, 5) is 14.0. The first-order valence-electron chi connectivity index (χ1n) is 4.19. The molecule has 0 atom stereocenters. The molecular weight excluding hydrogens is 263 g/mol. The molecule has 0 saturated carbocycles. The fourth-order valence-corrected chi connectivity index (χ4v) is 1.87. The van der Waals surface area contributed by atoms with Gasteiger partial charge in [-0.3, -0.25) is 9.78 Å². The Morgan fingerprint density at radius 1 is 1.50 bits per heavy atom. The van der Waals surface area contributed by atoms with E-state index >= 15 is 0 Å². The average Bonchev–Trinajstić information content (AvgIpc) is 2.16. The largest absolute Gasteiger partial charge is 0.481 e. The number of halogens is 4. The summed E-state index contributed by atoms with van der Waals surface area (Å²) < 4.78 is 25.2. The molecule has 0 aromatic carbocycles. The molecule has 3 nitrogen and oxygen atoms in total. The highest BCUT2D eigenvalue weighted by Crippen LogP contribution is 2.29. The van der Waals surface area contributed by atoms with E-state index in [0.717, 1.165) is 6.20 Å². The van der Waals surface area contributed by atoms with Crippen LogP contribution in [-0.2, 0) is 17.1 Å². The van der Waals surface area contributed by atoms with Crippen LogP contribution in [0.4, 0.5) is 8.78 Å². The molecule has 0 radical (unpaired) electrons. The Kier molecular flexibility index (Phi) is 4.44. The molecule has 1 aromatic rings. The van der Waals surface area contributed by atoms with E-state index in [1.54, 1.807) is 0 Å². The SMILES string of the molecule is O=C(O)Cc1c(C(F)F)ncc(Cl)c1CCl. The van der Waals surface area contributed by atoms with Crippen LogP contribution in [-0.4, -0.2) is 16.1 Å². The summed E-state index contributed by atoms with van der Waals surface area (Å²) >= 11 is 11.3. The maximum absolute atomic E-state index is 12.6. The van der Waals surface area contributed by atoms with E-state index in [-0.39, 0.29) is 22.0 Å². The van der Waals surface area contributed by atoms with Gasteiger partial charge < -0.3 is 5.11 Å². The number of hydrogen-bond donors (Lipinski definition) is 1. The predicted molar refractivity (Wildman–Crippen MR) is 55.1 cm³/mol. The number of carboxylic acids is 1. The first-order valence-corrected chi connectivity index (χ1v) is 5.10. The Morgan fingerprint density at radius 2 is 2.12 bits per heavy atom. The van der Waals surface area contributed by atoms with Crippen LogP contribution in [0.15, 0.2) is 6.20 Å². The molecule has 0 aliphatic heterocycles. The van der Waals surface area contributed by atoms with Crippen LogP contribution in [0.2, 0.25) is 5.02 Å². The molecule has 16 heavy (non-hydrogen) atoms. The van der Waals surface area contributed by atoms with Crippen LogP contribution < -0.4 is 0 Å². The molecular formula is C9H7Cl2F2NO2. The van der Waals surface area contributed by atoms with Crippen molar-refractivity contribution in [2.75, 3.05) is 0 Å². The summed E-state index contributed by atoms with van der Waals surface area (Å²) in [5.41, 5.74) is -0.497. The van der Waals surface area contributed by atoms with Gasteiger partial charge >= 0.3 is 5.97 Å². The van der Waals surface area contributed by atoms with Gasteiger partial charge in [0.1, 0.15) is 5.69 Å².